The minimum Gasteiger partial charge on any atom is -0.493 e. The number of nitriles is 1. The van der Waals surface area contributed by atoms with Gasteiger partial charge in [0.25, 0.3) is 0 Å². The molecule has 0 aliphatic carbocycles. The summed E-state index contributed by atoms with van der Waals surface area (Å²) in [5, 5.41) is 9.59. The SMILES string of the molecule is CN(CCCOc1cccc(Cl)c1)Cc1cccc(C#N)c1. The van der Waals surface area contributed by atoms with Gasteiger partial charge in [0, 0.05) is 18.1 Å². The molecule has 114 valence electrons. The molecule has 0 bridgehead atoms. The van der Waals surface area contributed by atoms with E-state index in [1.54, 1.807) is 0 Å². The molecule has 0 atom stereocenters. The van der Waals surface area contributed by atoms with E-state index in [1.165, 1.54) is 0 Å². The maximum atomic E-state index is 8.91. The van der Waals surface area contributed by atoms with Gasteiger partial charge in [-0.3, -0.25) is 0 Å². The molecule has 0 saturated carbocycles. The minimum atomic E-state index is 0.656. The van der Waals surface area contributed by atoms with Crippen LogP contribution in [0.15, 0.2) is 48.5 Å². The molecule has 0 amide bonds. The third kappa shape index (κ3) is 5.40. The summed E-state index contributed by atoms with van der Waals surface area (Å²) in [6.07, 6.45) is 0.932. The van der Waals surface area contributed by atoms with Gasteiger partial charge in [0.1, 0.15) is 5.75 Å². The molecule has 0 heterocycles. The Balaban J connectivity index is 1.71. The van der Waals surface area contributed by atoms with Crippen molar-refractivity contribution in [2.75, 3.05) is 20.2 Å². The lowest BCUT2D eigenvalue weighted by Gasteiger charge is -2.17. The number of benzene rings is 2. The molecular weight excluding hydrogens is 296 g/mol. The van der Waals surface area contributed by atoms with Gasteiger partial charge in [-0.2, -0.15) is 5.26 Å². The molecule has 0 aromatic heterocycles. The Hall–Kier alpha value is -2.02. The van der Waals surface area contributed by atoms with Crippen LogP contribution in [0.4, 0.5) is 0 Å². The van der Waals surface area contributed by atoms with Crippen LogP contribution in [0.3, 0.4) is 0 Å². The zero-order chi connectivity index (χ0) is 15.8. The lowest BCUT2D eigenvalue weighted by Crippen LogP contribution is -2.20. The molecule has 0 fully saturated rings. The van der Waals surface area contributed by atoms with E-state index in [2.05, 4.69) is 18.0 Å². The van der Waals surface area contributed by atoms with Crippen molar-refractivity contribution in [2.45, 2.75) is 13.0 Å². The zero-order valence-corrected chi connectivity index (χ0v) is 13.4. The maximum Gasteiger partial charge on any atom is 0.120 e. The van der Waals surface area contributed by atoms with Crippen molar-refractivity contribution in [3.8, 4) is 11.8 Å². The number of hydrogen-bond acceptors (Lipinski definition) is 3. The van der Waals surface area contributed by atoms with Crippen molar-refractivity contribution in [1.29, 1.82) is 5.26 Å². The number of halogens is 1. The Kier molecular flexibility index (Phi) is 6.27. The molecule has 0 aliphatic rings. The molecule has 4 heteroatoms. The topological polar surface area (TPSA) is 36.3 Å². The van der Waals surface area contributed by atoms with E-state index in [0.29, 0.717) is 17.2 Å². The van der Waals surface area contributed by atoms with E-state index in [1.807, 2.05) is 48.5 Å². The van der Waals surface area contributed by atoms with Gasteiger partial charge in [-0.15, -0.1) is 0 Å². The average molecular weight is 315 g/mol. The van der Waals surface area contributed by atoms with Crippen LogP contribution in [0.5, 0.6) is 5.75 Å². The van der Waals surface area contributed by atoms with Gasteiger partial charge >= 0.3 is 0 Å². The van der Waals surface area contributed by atoms with Crippen LogP contribution in [0, 0.1) is 11.3 Å². The predicted molar refractivity (Wildman–Crippen MR) is 89.1 cm³/mol. The summed E-state index contributed by atoms with van der Waals surface area (Å²) in [6, 6.07) is 17.3. The molecule has 2 rings (SSSR count). The molecule has 0 saturated heterocycles. The summed E-state index contributed by atoms with van der Waals surface area (Å²) < 4.78 is 5.67. The number of rotatable bonds is 7. The monoisotopic (exact) mass is 314 g/mol. The van der Waals surface area contributed by atoms with Crippen molar-refractivity contribution in [3.05, 3.63) is 64.7 Å². The summed E-state index contributed by atoms with van der Waals surface area (Å²) in [5.74, 6) is 0.803. The van der Waals surface area contributed by atoms with Gasteiger partial charge in [0.15, 0.2) is 0 Å². The molecular formula is C18H19ClN2O. The van der Waals surface area contributed by atoms with Crippen LogP contribution < -0.4 is 4.74 Å². The van der Waals surface area contributed by atoms with Crippen molar-refractivity contribution < 1.29 is 4.74 Å². The molecule has 0 spiro atoms. The maximum absolute atomic E-state index is 8.91. The van der Waals surface area contributed by atoms with Gasteiger partial charge in [0.05, 0.1) is 18.2 Å². The second kappa shape index (κ2) is 8.43. The van der Waals surface area contributed by atoms with Crippen LogP contribution in [-0.4, -0.2) is 25.1 Å². The summed E-state index contributed by atoms with van der Waals surface area (Å²) in [4.78, 5) is 2.22. The minimum absolute atomic E-state index is 0.656. The lowest BCUT2D eigenvalue weighted by molar-refractivity contribution is 0.259. The average Bonchev–Trinajstić information content (AvgIpc) is 2.52. The number of hydrogen-bond donors (Lipinski definition) is 0. The zero-order valence-electron chi connectivity index (χ0n) is 12.6. The van der Waals surface area contributed by atoms with E-state index < -0.39 is 0 Å². The first-order chi connectivity index (χ1) is 10.7. The van der Waals surface area contributed by atoms with Gasteiger partial charge < -0.3 is 9.64 Å². The summed E-state index contributed by atoms with van der Waals surface area (Å²) in [7, 11) is 2.07. The van der Waals surface area contributed by atoms with E-state index >= 15 is 0 Å². The Morgan fingerprint density at radius 3 is 2.77 bits per heavy atom. The van der Waals surface area contributed by atoms with Crippen LogP contribution in [-0.2, 0) is 6.54 Å². The highest BCUT2D eigenvalue weighted by Crippen LogP contribution is 2.17. The first kappa shape index (κ1) is 16.4. The fourth-order valence-corrected chi connectivity index (χ4v) is 2.39. The molecule has 2 aromatic rings. The van der Waals surface area contributed by atoms with Crippen LogP contribution in [0.1, 0.15) is 17.5 Å². The molecule has 0 unspecified atom stereocenters. The molecule has 22 heavy (non-hydrogen) atoms. The molecule has 0 N–H and O–H groups in total. The predicted octanol–water partition coefficient (Wildman–Crippen LogP) is 4.11. The first-order valence-corrected chi connectivity index (χ1v) is 7.61. The van der Waals surface area contributed by atoms with Crippen LogP contribution in [0.2, 0.25) is 5.02 Å². The Bertz CT molecular complexity index is 652. The Morgan fingerprint density at radius 2 is 2.00 bits per heavy atom. The highest BCUT2D eigenvalue weighted by molar-refractivity contribution is 6.30. The number of nitrogens with zero attached hydrogens (tertiary/aromatic N) is 2. The van der Waals surface area contributed by atoms with Crippen molar-refractivity contribution >= 4 is 11.6 Å². The highest BCUT2D eigenvalue weighted by atomic mass is 35.5. The summed E-state index contributed by atoms with van der Waals surface area (Å²) >= 11 is 5.91. The molecule has 3 nitrogen and oxygen atoms in total. The fraction of sp³-hybridized carbons (Fsp3) is 0.278. The molecule has 0 radical (unpaired) electrons. The van der Waals surface area contributed by atoms with Crippen LogP contribution in [0.25, 0.3) is 0 Å². The van der Waals surface area contributed by atoms with Crippen molar-refractivity contribution in [2.24, 2.45) is 0 Å². The van der Waals surface area contributed by atoms with Gasteiger partial charge in [-0.05, 0) is 49.4 Å². The number of ether oxygens (including phenoxy) is 1. The lowest BCUT2D eigenvalue weighted by atomic mass is 10.1. The fourth-order valence-electron chi connectivity index (χ4n) is 2.21. The Labute approximate surface area is 136 Å². The van der Waals surface area contributed by atoms with Crippen LogP contribution >= 0.6 is 11.6 Å². The first-order valence-electron chi connectivity index (χ1n) is 7.23. The van der Waals surface area contributed by atoms with Crippen molar-refractivity contribution in [1.82, 2.24) is 4.90 Å². The molecule has 2 aromatic carbocycles. The third-order valence-corrected chi connectivity index (χ3v) is 3.49. The van der Waals surface area contributed by atoms with Gasteiger partial charge in [-0.1, -0.05) is 29.8 Å². The van der Waals surface area contributed by atoms with Crippen molar-refractivity contribution in [3.63, 3.8) is 0 Å². The van der Waals surface area contributed by atoms with E-state index in [0.717, 1.165) is 30.8 Å². The van der Waals surface area contributed by atoms with Gasteiger partial charge in [0.2, 0.25) is 0 Å². The normalized spacial score (nSPS) is 10.5. The van der Waals surface area contributed by atoms with E-state index in [-0.39, 0.29) is 0 Å². The second-order valence-electron chi connectivity index (χ2n) is 5.21. The Morgan fingerprint density at radius 1 is 1.18 bits per heavy atom. The summed E-state index contributed by atoms with van der Waals surface area (Å²) in [6.45, 7) is 2.41. The third-order valence-electron chi connectivity index (χ3n) is 3.26. The largest absolute Gasteiger partial charge is 0.493 e. The quantitative estimate of drug-likeness (QED) is 0.721. The highest BCUT2D eigenvalue weighted by Gasteiger charge is 2.02. The standard InChI is InChI=1S/C18H19ClN2O/c1-21(14-16-6-2-5-15(11-16)13-20)9-4-10-22-18-8-3-7-17(19)12-18/h2-3,5-8,11-12H,4,9-10,14H2,1H3. The smallest absolute Gasteiger partial charge is 0.120 e. The van der Waals surface area contributed by atoms with Gasteiger partial charge in [-0.25, -0.2) is 0 Å². The second-order valence-corrected chi connectivity index (χ2v) is 5.65. The summed E-state index contributed by atoms with van der Waals surface area (Å²) in [5.41, 5.74) is 1.85. The molecule has 0 aliphatic heterocycles. The van der Waals surface area contributed by atoms with E-state index in [4.69, 9.17) is 21.6 Å². The van der Waals surface area contributed by atoms with E-state index in [9.17, 15) is 0 Å².